The van der Waals surface area contributed by atoms with E-state index in [0.29, 0.717) is 23.8 Å². The van der Waals surface area contributed by atoms with Gasteiger partial charge >= 0.3 is 0 Å². The molecule has 1 saturated heterocycles. The van der Waals surface area contributed by atoms with Crippen LogP contribution in [0.2, 0.25) is 0 Å². The Morgan fingerprint density at radius 2 is 2.08 bits per heavy atom. The maximum atomic E-state index is 12.4. The molecule has 1 aliphatic rings. The van der Waals surface area contributed by atoms with Crippen LogP contribution in [0, 0.1) is 17.0 Å². The van der Waals surface area contributed by atoms with Crippen LogP contribution in [0.3, 0.4) is 0 Å². The summed E-state index contributed by atoms with van der Waals surface area (Å²) >= 11 is 0. The number of hydrogen-bond donors (Lipinski definition) is 1. The second-order valence-electron chi connectivity index (χ2n) is 6.41. The standard InChI is InChI=1S/C17H25N3O4/c1-12(2)19(14-6-8-24-9-7-14)11-17(21)18-16-5-4-15(20(22)23)10-13(16)3/h4-5,10,12,14H,6-9,11H2,1-3H3,(H,18,21). The number of anilines is 1. The zero-order valence-electron chi connectivity index (χ0n) is 14.4. The molecule has 0 unspecified atom stereocenters. The molecular weight excluding hydrogens is 310 g/mol. The van der Waals surface area contributed by atoms with Gasteiger partial charge in [0, 0.05) is 43.1 Å². The number of rotatable bonds is 6. The largest absolute Gasteiger partial charge is 0.381 e. The number of benzene rings is 1. The lowest BCUT2D eigenvalue weighted by molar-refractivity contribution is -0.384. The lowest BCUT2D eigenvalue weighted by Crippen LogP contribution is -2.47. The third-order valence-electron chi connectivity index (χ3n) is 4.34. The molecule has 7 heteroatoms. The molecule has 0 aromatic heterocycles. The molecule has 1 amide bonds. The van der Waals surface area contributed by atoms with E-state index in [1.54, 1.807) is 13.0 Å². The van der Waals surface area contributed by atoms with E-state index in [4.69, 9.17) is 4.74 Å². The summed E-state index contributed by atoms with van der Waals surface area (Å²) in [5.74, 6) is -0.104. The number of nitro benzene ring substituents is 1. The summed E-state index contributed by atoms with van der Waals surface area (Å²) < 4.78 is 5.39. The van der Waals surface area contributed by atoms with Crippen molar-refractivity contribution in [3.05, 3.63) is 33.9 Å². The highest BCUT2D eigenvalue weighted by atomic mass is 16.6. The summed E-state index contributed by atoms with van der Waals surface area (Å²) in [6, 6.07) is 5.06. The van der Waals surface area contributed by atoms with Crippen LogP contribution in [0.5, 0.6) is 0 Å². The first-order chi connectivity index (χ1) is 11.4. The van der Waals surface area contributed by atoms with Gasteiger partial charge in [0.05, 0.1) is 11.5 Å². The molecule has 24 heavy (non-hydrogen) atoms. The first-order valence-corrected chi connectivity index (χ1v) is 8.27. The molecular formula is C17H25N3O4. The van der Waals surface area contributed by atoms with Crippen molar-refractivity contribution < 1.29 is 14.5 Å². The van der Waals surface area contributed by atoms with Crippen molar-refractivity contribution in [2.24, 2.45) is 0 Å². The number of carbonyl (C=O) groups is 1. The summed E-state index contributed by atoms with van der Waals surface area (Å²) in [6.45, 7) is 7.69. The Hall–Kier alpha value is -1.99. The highest BCUT2D eigenvalue weighted by Gasteiger charge is 2.25. The summed E-state index contributed by atoms with van der Waals surface area (Å²) in [5.41, 5.74) is 1.32. The number of nitrogens with zero attached hydrogens (tertiary/aromatic N) is 2. The summed E-state index contributed by atoms with van der Waals surface area (Å²) in [6.07, 6.45) is 1.87. The van der Waals surface area contributed by atoms with Gasteiger partial charge in [0.1, 0.15) is 0 Å². The zero-order valence-corrected chi connectivity index (χ0v) is 14.4. The summed E-state index contributed by atoms with van der Waals surface area (Å²) in [4.78, 5) is 25.0. The number of hydrogen-bond acceptors (Lipinski definition) is 5. The fourth-order valence-electron chi connectivity index (χ4n) is 3.01. The Morgan fingerprint density at radius 1 is 1.42 bits per heavy atom. The number of aryl methyl sites for hydroxylation is 1. The molecule has 0 aliphatic carbocycles. The average molecular weight is 335 g/mol. The highest BCUT2D eigenvalue weighted by molar-refractivity contribution is 5.93. The summed E-state index contributed by atoms with van der Waals surface area (Å²) in [5, 5.41) is 13.6. The second kappa shape index (κ2) is 8.21. The van der Waals surface area contributed by atoms with Crippen LogP contribution in [-0.2, 0) is 9.53 Å². The molecule has 132 valence electrons. The van der Waals surface area contributed by atoms with Crippen LogP contribution in [0.4, 0.5) is 11.4 Å². The Bertz CT molecular complexity index is 597. The van der Waals surface area contributed by atoms with Gasteiger partial charge in [-0.05, 0) is 45.2 Å². The van der Waals surface area contributed by atoms with Crippen LogP contribution in [0.25, 0.3) is 0 Å². The minimum Gasteiger partial charge on any atom is -0.381 e. The third-order valence-corrected chi connectivity index (χ3v) is 4.34. The van der Waals surface area contributed by atoms with Crippen LogP contribution in [0.15, 0.2) is 18.2 Å². The van der Waals surface area contributed by atoms with Crippen molar-refractivity contribution in [3.8, 4) is 0 Å². The Labute approximate surface area is 142 Å². The van der Waals surface area contributed by atoms with Gasteiger partial charge in [-0.25, -0.2) is 0 Å². The molecule has 7 nitrogen and oxygen atoms in total. The maximum absolute atomic E-state index is 12.4. The van der Waals surface area contributed by atoms with Crippen molar-refractivity contribution in [2.45, 2.75) is 45.7 Å². The molecule has 1 N–H and O–H groups in total. The van der Waals surface area contributed by atoms with Gasteiger partial charge in [-0.1, -0.05) is 0 Å². The van der Waals surface area contributed by atoms with E-state index in [-0.39, 0.29) is 17.6 Å². The molecule has 0 spiro atoms. The SMILES string of the molecule is Cc1cc([N+](=O)[O-])ccc1NC(=O)CN(C(C)C)C1CCOCC1. The monoisotopic (exact) mass is 335 g/mol. The maximum Gasteiger partial charge on any atom is 0.269 e. The van der Waals surface area contributed by atoms with E-state index in [2.05, 4.69) is 24.1 Å². The predicted octanol–water partition coefficient (Wildman–Crippen LogP) is 2.73. The van der Waals surface area contributed by atoms with Crippen molar-refractivity contribution in [2.75, 3.05) is 25.1 Å². The van der Waals surface area contributed by atoms with Crippen LogP contribution >= 0.6 is 0 Å². The van der Waals surface area contributed by atoms with E-state index in [9.17, 15) is 14.9 Å². The third kappa shape index (κ3) is 4.75. The summed E-state index contributed by atoms with van der Waals surface area (Å²) in [7, 11) is 0. The molecule has 1 aromatic carbocycles. The quantitative estimate of drug-likeness (QED) is 0.638. The number of carbonyl (C=O) groups excluding carboxylic acids is 1. The van der Waals surface area contributed by atoms with Gasteiger partial charge in [0.15, 0.2) is 0 Å². The predicted molar refractivity (Wildman–Crippen MR) is 92.1 cm³/mol. The molecule has 0 saturated carbocycles. The van der Waals surface area contributed by atoms with Gasteiger partial charge in [-0.3, -0.25) is 19.8 Å². The average Bonchev–Trinajstić information content (AvgIpc) is 2.55. The minimum atomic E-state index is -0.440. The zero-order chi connectivity index (χ0) is 17.7. The number of amides is 1. The Balaban J connectivity index is 2.01. The molecule has 1 aliphatic heterocycles. The number of ether oxygens (including phenoxy) is 1. The van der Waals surface area contributed by atoms with Gasteiger partial charge in [-0.2, -0.15) is 0 Å². The smallest absolute Gasteiger partial charge is 0.269 e. The first kappa shape index (κ1) is 18.4. The van der Waals surface area contributed by atoms with Gasteiger partial charge in [0.25, 0.3) is 5.69 Å². The second-order valence-corrected chi connectivity index (χ2v) is 6.41. The lowest BCUT2D eigenvalue weighted by Gasteiger charge is -2.36. The van der Waals surface area contributed by atoms with Gasteiger partial charge in [-0.15, -0.1) is 0 Å². The van der Waals surface area contributed by atoms with E-state index in [1.807, 2.05) is 0 Å². The molecule has 0 radical (unpaired) electrons. The van der Waals surface area contributed by atoms with E-state index in [0.717, 1.165) is 26.1 Å². The topological polar surface area (TPSA) is 84.7 Å². The van der Waals surface area contributed by atoms with Crippen LogP contribution in [0.1, 0.15) is 32.3 Å². The van der Waals surface area contributed by atoms with Crippen LogP contribution in [-0.4, -0.2) is 47.6 Å². The lowest BCUT2D eigenvalue weighted by atomic mass is 10.1. The fourth-order valence-corrected chi connectivity index (χ4v) is 3.01. The number of nitrogens with one attached hydrogen (secondary N) is 1. The highest BCUT2D eigenvalue weighted by Crippen LogP contribution is 2.22. The number of nitro groups is 1. The molecule has 1 heterocycles. The fraction of sp³-hybridized carbons (Fsp3) is 0.588. The van der Waals surface area contributed by atoms with Gasteiger partial charge < -0.3 is 10.1 Å². The van der Waals surface area contributed by atoms with E-state index >= 15 is 0 Å². The van der Waals surface area contributed by atoms with Crippen molar-refractivity contribution in [3.63, 3.8) is 0 Å². The van der Waals surface area contributed by atoms with E-state index in [1.165, 1.54) is 12.1 Å². The molecule has 0 atom stereocenters. The molecule has 0 bridgehead atoms. The Morgan fingerprint density at radius 3 is 2.62 bits per heavy atom. The first-order valence-electron chi connectivity index (χ1n) is 8.27. The van der Waals surface area contributed by atoms with Gasteiger partial charge in [0.2, 0.25) is 5.91 Å². The normalized spacial score (nSPS) is 15.7. The molecule has 2 rings (SSSR count). The number of non-ortho nitro benzene ring substituents is 1. The Kier molecular flexibility index (Phi) is 6.28. The molecule has 1 fully saturated rings. The molecule has 1 aromatic rings. The van der Waals surface area contributed by atoms with Crippen LogP contribution < -0.4 is 5.32 Å². The minimum absolute atomic E-state index is 0.0245. The van der Waals surface area contributed by atoms with E-state index < -0.39 is 4.92 Å². The van der Waals surface area contributed by atoms with Crippen molar-refractivity contribution in [1.29, 1.82) is 0 Å². The van der Waals surface area contributed by atoms with Crippen molar-refractivity contribution >= 4 is 17.3 Å². The van der Waals surface area contributed by atoms with Crippen molar-refractivity contribution in [1.82, 2.24) is 4.90 Å².